The van der Waals surface area contributed by atoms with E-state index in [2.05, 4.69) is 38.1 Å². The van der Waals surface area contributed by atoms with Crippen molar-refractivity contribution in [2.24, 2.45) is 10.4 Å². The van der Waals surface area contributed by atoms with Gasteiger partial charge >= 0.3 is 0 Å². The number of nitrogens with one attached hydrogen (secondary N) is 3. The minimum absolute atomic E-state index is 0.00309. The van der Waals surface area contributed by atoms with Gasteiger partial charge < -0.3 is 40.2 Å². The van der Waals surface area contributed by atoms with E-state index in [0.29, 0.717) is 54.2 Å². The predicted molar refractivity (Wildman–Crippen MR) is 291 cm³/mol. The predicted octanol–water partition coefficient (Wildman–Crippen LogP) is 8.40. The first-order valence-electron chi connectivity index (χ1n) is 25.1. The number of thiazole rings is 1. The first-order chi connectivity index (χ1) is 36.4. The van der Waals surface area contributed by atoms with Gasteiger partial charge in [0.2, 0.25) is 23.6 Å². The number of halogens is 2. The second-order valence-corrected chi connectivity index (χ2v) is 22.5. The Hall–Kier alpha value is -6.42. The molecule has 0 radical (unpaired) electrons. The van der Waals surface area contributed by atoms with E-state index in [0.717, 1.165) is 48.3 Å². The molecular formula is C55H63ClFN9O8S2. The van der Waals surface area contributed by atoms with Crippen LogP contribution in [0.25, 0.3) is 15.4 Å². The summed E-state index contributed by atoms with van der Waals surface area (Å²) in [5, 5.41) is 29.3. The maximum absolute atomic E-state index is 15.4. The lowest BCUT2D eigenvalue weighted by atomic mass is 9.85. The molecule has 0 bridgehead atoms. The van der Waals surface area contributed by atoms with Crippen LogP contribution in [0.15, 0.2) is 77.2 Å². The summed E-state index contributed by atoms with van der Waals surface area (Å²) >= 11 is 9.41. The third-order valence-electron chi connectivity index (χ3n) is 13.2. The number of β-amino-alcohol motifs (C(OH)–C–C–N with tert-alkyl or cyclic N) is 1. The van der Waals surface area contributed by atoms with Crippen LogP contribution in [-0.2, 0) is 35.2 Å². The molecule has 76 heavy (non-hydrogen) atoms. The summed E-state index contributed by atoms with van der Waals surface area (Å²) in [5.41, 5.74) is 7.51. The van der Waals surface area contributed by atoms with Gasteiger partial charge in [-0.3, -0.25) is 28.7 Å². The molecule has 0 saturated carbocycles. The molecule has 2 aliphatic heterocycles. The van der Waals surface area contributed by atoms with Gasteiger partial charge in [-0.05, 0) is 80.5 Å². The van der Waals surface area contributed by atoms with Crippen LogP contribution in [0.2, 0.25) is 5.02 Å². The number of rotatable bonds is 21. The number of likely N-dealkylation sites (tertiary alicyclic amines) is 1. The van der Waals surface area contributed by atoms with Crippen molar-refractivity contribution >= 4 is 69.3 Å². The minimum Gasteiger partial charge on any atom is -0.493 e. The number of amides is 4. The Morgan fingerprint density at radius 1 is 0.908 bits per heavy atom. The Kier molecular flexibility index (Phi) is 18.1. The molecule has 6 aromatic rings. The molecule has 8 rings (SSSR count). The van der Waals surface area contributed by atoms with Gasteiger partial charge in [-0.15, -0.1) is 32.9 Å². The van der Waals surface area contributed by atoms with E-state index in [1.807, 2.05) is 82.5 Å². The Morgan fingerprint density at radius 3 is 2.32 bits per heavy atom. The summed E-state index contributed by atoms with van der Waals surface area (Å²) in [5.74, 6) is -0.988. The van der Waals surface area contributed by atoms with Crippen molar-refractivity contribution in [1.29, 1.82) is 0 Å². The molecule has 2 aliphatic rings. The Balaban J connectivity index is 0.734. The molecule has 5 heterocycles. The monoisotopic (exact) mass is 1100 g/mol. The molecule has 4 amide bonds. The van der Waals surface area contributed by atoms with Gasteiger partial charge in [0.25, 0.3) is 0 Å². The highest BCUT2D eigenvalue weighted by Crippen LogP contribution is 2.40. The number of anilines is 1. The van der Waals surface area contributed by atoms with E-state index in [9.17, 15) is 24.3 Å². The number of aliphatic imine (C=N–C) groups is 1. The van der Waals surface area contributed by atoms with Gasteiger partial charge in [-0.2, -0.15) is 0 Å². The highest BCUT2D eigenvalue weighted by molar-refractivity contribution is 7.15. The van der Waals surface area contributed by atoms with Gasteiger partial charge in [-0.25, -0.2) is 9.37 Å². The van der Waals surface area contributed by atoms with Crippen LogP contribution in [0.5, 0.6) is 5.75 Å². The molecule has 0 aliphatic carbocycles. The molecule has 1 fully saturated rings. The summed E-state index contributed by atoms with van der Waals surface area (Å²) in [4.78, 5) is 67.1. The van der Waals surface area contributed by atoms with Crippen molar-refractivity contribution in [2.75, 3.05) is 44.9 Å². The van der Waals surface area contributed by atoms with Gasteiger partial charge in [0, 0.05) is 72.8 Å². The van der Waals surface area contributed by atoms with Crippen molar-refractivity contribution in [2.45, 2.75) is 105 Å². The normalized spacial score (nSPS) is 16.6. The molecule has 3 aromatic carbocycles. The first-order valence-corrected chi connectivity index (χ1v) is 27.2. The molecule has 4 atom stereocenters. The van der Waals surface area contributed by atoms with Crippen molar-refractivity contribution in [3.8, 4) is 21.2 Å². The van der Waals surface area contributed by atoms with Crippen molar-refractivity contribution in [3.05, 3.63) is 128 Å². The van der Waals surface area contributed by atoms with Crippen LogP contribution < -0.4 is 20.7 Å². The lowest BCUT2D eigenvalue weighted by molar-refractivity contribution is -0.144. The van der Waals surface area contributed by atoms with E-state index in [1.165, 1.54) is 17.0 Å². The number of aliphatic hydroxyl groups is 1. The average Bonchev–Trinajstić information content (AvgIpc) is 4.16. The van der Waals surface area contributed by atoms with Crippen LogP contribution in [-0.4, -0.2) is 117 Å². The number of nitrogens with zero attached hydrogens (tertiary/aromatic N) is 6. The SMILES string of the molecule is Cc1ncsc1-c1ccc(CNC(=O)[C@@H]2C[C@@H](O)CN2C(=O)C(NC(=O)COCCCOCCCOc2ccc(NC(=O)C[C@@H]3N=C(c4ccc(Cl)cc4)c4c(sc(C)c4C)-n4c(C)nnc43)c(F)c2)C(C)(C)C)cc1. The Bertz CT molecular complexity index is 3080. The lowest BCUT2D eigenvalue weighted by Crippen LogP contribution is -2.58. The molecule has 402 valence electrons. The molecule has 1 saturated heterocycles. The quantitative estimate of drug-likeness (QED) is 0.0503. The highest BCUT2D eigenvalue weighted by atomic mass is 35.5. The number of benzene rings is 3. The van der Waals surface area contributed by atoms with Crippen molar-refractivity contribution < 1.29 is 42.9 Å². The number of carbonyl (C=O) groups excluding carboxylic acids is 4. The zero-order valence-electron chi connectivity index (χ0n) is 43.6. The highest BCUT2D eigenvalue weighted by Gasteiger charge is 2.44. The Labute approximate surface area is 454 Å². The number of aromatic nitrogens is 4. The standard InChI is InChI=1S/C55H63ClFN9O8S2/c1-31-33(3)76-54-47(31)48(36-14-16-38(56)17-15-36)61-43(51-64-63-34(4)66(51)54)26-45(68)60-42-19-18-40(25-41(42)57)74-23-9-21-72-20-8-22-73-29-46(69)62-50(55(5,6)7)53(71)65-28-39(67)24-44(65)52(70)58-27-35-10-12-37(13-11-35)49-32(2)59-30-75-49/h10-19,25,30,39,43-44,50,67H,8-9,20-24,26-29H2,1-7H3,(H,58,70)(H,60,68)(H,62,69)/t39-,43+,44+,50?/m1/s1. The number of thiophene rings is 1. The van der Waals surface area contributed by atoms with Crippen LogP contribution >= 0.6 is 34.3 Å². The third-order valence-corrected chi connectivity index (χ3v) is 15.6. The maximum atomic E-state index is 15.4. The van der Waals surface area contributed by atoms with E-state index in [1.54, 1.807) is 46.4 Å². The topological polar surface area (TPSA) is 211 Å². The van der Waals surface area contributed by atoms with Crippen LogP contribution in [0.4, 0.5) is 10.1 Å². The Morgan fingerprint density at radius 2 is 1.62 bits per heavy atom. The number of hydrogen-bond donors (Lipinski definition) is 4. The molecule has 1 unspecified atom stereocenters. The van der Waals surface area contributed by atoms with Crippen LogP contribution in [0, 0.1) is 38.9 Å². The summed E-state index contributed by atoms with van der Waals surface area (Å²) in [6.45, 7) is 14.5. The fourth-order valence-electron chi connectivity index (χ4n) is 9.06. The number of carbonyl (C=O) groups is 4. The number of aryl methyl sites for hydroxylation is 3. The zero-order chi connectivity index (χ0) is 54.3. The summed E-state index contributed by atoms with van der Waals surface area (Å²) in [6.07, 6.45) is 0.0837. The van der Waals surface area contributed by atoms with Gasteiger partial charge in [-0.1, -0.05) is 68.8 Å². The smallest absolute Gasteiger partial charge is 0.246 e. The second kappa shape index (κ2) is 24.7. The van der Waals surface area contributed by atoms with E-state index in [4.69, 9.17) is 30.8 Å². The molecule has 0 spiro atoms. The number of fused-ring (bicyclic) bond motifs is 3. The average molecular weight is 1100 g/mol. The van der Waals surface area contributed by atoms with Gasteiger partial charge in [0.05, 0.1) is 46.6 Å². The first kappa shape index (κ1) is 55.8. The molecular weight excluding hydrogens is 1030 g/mol. The third kappa shape index (κ3) is 13.4. The molecule has 21 heteroatoms. The number of hydrogen-bond acceptors (Lipinski definition) is 14. The van der Waals surface area contributed by atoms with Crippen molar-refractivity contribution in [1.82, 2.24) is 35.3 Å². The fourth-order valence-corrected chi connectivity index (χ4v) is 11.2. The van der Waals surface area contributed by atoms with Gasteiger partial charge in [0.1, 0.15) is 47.1 Å². The zero-order valence-corrected chi connectivity index (χ0v) is 46.0. The summed E-state index contributed by atoms with van der Waals surface area (Å²) < 4.78 is 34.4. The summed E-state index contributed by atoms with van der Waals surface area (Å²) in [6, 6.07) is 16.9. The van der Waals surface area contributed by atoms with Crippen LogP contribution in [0.1, 0.15) is 97.0 Å². The molecule has 4 N–H and O–H groups in total. The van der Waals surface area contributed by atoms with Crippen LogP contribution in [0.3, 0.4) is 0 Å². The largest absolute Gasteiger partial charge is 0.493 e. The molecule has 3 aromatic heterocycles. The van der Waals surface area contributed by atoms with E-state index in [-0.39, 0.29) is 57.3 Å². The fraction of sp³-hybridized carbons (Fsp3) is 0.418. The van der Waals surface area contributed by atoms with E-state index < -0.39 is 53.2 Å². The van der Waals surface area contributed by atoms with Gasteiger partial charge in [0.15, 0.2) is 5.82 Å². The number of ether oxygens (including phenoxy) is 3. The van der Waals surface area contributed by atoms with E-state index >= 15 is 4.39 Å². The maximum Gasteiger partial charge on any atom is 0.246 e. The van der Waals surface area contributed by atoms with Crippen molar-refractivity contribution in [3.63, 3.8) is 0 Å². The molecule has 17 nitrogen and oxygen atoms in total. The lowest BCUT2D eigenvalue weighted by Gasteiger charge is -2.35. The summed E-state index contributed by atoms with van der Waals surface area (Å²) in [7, 11) is 0. The second-order valence-electron chi connectivity index (χ2n) is 20.0. The number of aliphatic hydroxyl groups excluding tert-OH is 1. The minimum atomic E-state index is -0.985.